The van der Waals surface area contributed by atoms with Gasteiger partial charge in [-0.2, -0.15) is 0 Å². The molecule has 0 spiro atoms. The predicted molar refractivity (Wildman–Crippen MR) is 114 cm³/mol. The Bertz CT molecular complexity index is 951. The number of nitrogens with one attached hydrogen (secondary N) is 3. The van der Waals surface area contributed by atoms with Crippen LogP contribution in [0.15, 0.2) is 79.1 Å². The molecule has 0 aliphatic rings. The normalized spacial score (nSPS) is 11.3. The summed E-state index contributed by atoms with van der Waals surface area (Å²) in [5.41, 5.74) is 2.43. The molecule has 7 heteroatoms. The van der Waals surface area contributed by atoms with Gasteiger partial charge in [0.2, 0.25) is 5.91 Å². The maximum atomic E-state index is 12.8. The number of benzene rings is 2. The van der Waals surface area contributed by atoms with Crippen LogP contribution in [0.25, 0.3) is 0 Å². The number of anilines is 1. The average molecular weight is 409 g/mol. The highest BCUT2D eigenvalue weighted by atomic mass is 35.5. The van der Waals surface area contributed by atoms with E-state index in [9.17, 15) is 9.59 Å². The van der Waals surface area contributed by atoms with Gasteiger partial charge in [0, 0.05) is 36.1 Å². The van der Waals surface area contributed by atoms with E-state index in [0.717, 1.165) is 11.1 Å². The molecule has 0 fully saturated rings. The highest BCUT2D eigenvalue weighted by molar-refractivity contribution is 6.30. The van der Waals surface area contributed by atoms with Crippen molar-refractivity contribution < 1.29 is 9.59 Å². The number of carbonyl (C=O) groups excluding carboxylic acids is 2. The Kier molecular flexibility index (Phi) is 7.19. The van der Waals surface area contributed by atoms with E-state index in [2.05, 4.69) is 20.9 Å². The molecule has 0 saturated heterocycles. The number of aromatic nitrogens is 1. The lowest BCUT2D eigenvalue weighted by molar-refractivity contribution is -0.117. The molecule has 3 rings (SSSR count). The van der Waals surface area contributed by atoms with Crippen LogP contribution in [0, 0.1) is 0 Å². The van der Waals surface area contributed by atoms with E-state index in [1.165, 1.54) is 0 Å². The number of halogens is 1. The van der Waals surface area contributed by atoms with Crippen molar-refractivity contribution in [2.45, 2.75) is 19.0 Å². The van der Waals surface area contributed by atoms with Gasteiger partial charge in [-0.1, -0.05) is 54.1 Å². The second kappa shape index (κ2) is 10.2. The Morgan fingerprint density at radius 3 is 2.38 bits per heavy atom. The van der Waals surface area contributed by atoms with Gasteiger partial charge in [0.25, 0.3) is 0 Å². The van der Waals surface area contributed by atoms with Crippen molar-refractivity contribution in [1.82, 2.24) is 15.6 Å². The Hall–Kier alpha value is -3.38. The molecule has 3 aromatic rings. The van der Waals surface area contributed by atoms with Gasteiger partial charge >= 0.3 is 6.03 Å². The maximum Gasteiger partial charge on any atom is 0.315 e. The summed E-state index contributed by atoms with van der Waals surface area (Å²) in [4.78, 5) is 29.1. The molecule has 3 amide bonds. The summed E-state index contributed by atoms with van der Waals surface area (Å²) in [6.45, 7) is 0.302. The summed E-state index contributed by atoms with van der Waals surface area (Å²) in [6, 6.07) is 19.0. The molecule has 0 unspecified atom stereocenters. The van der Waals surface area contributed by atoms with Crippen LogP contribution in [-0.4, -0.2) is 23.0 Å². The van der Waals surface area contributed by atoms with E-state index in [1.54, 1.807) is 36.7 Å². The Morgan fingerprint density at radius 1 is 0.931 bits per heavy atom. The Labute approximate surface area is 174 Å². The van der Waals surface area contributed by atoms with Crippen LogP contribution in [-0.2, 0) is 17.8 Å². The third-order valence-corrected chi connectivity index (χ3v) is 4.43. The monoisotopic (exact) mass is 408 g/mol. The zero-order chi connectivity index (χ0) is 20.5. The number of hydrogen-bond acceptors (Lipinski definition) is 3. The van der Waals surface area contributed by atoms with E-state index in [0.29, 0.717) is 23.7 Å². The number of amides is 3. The molecule has 0 radical (unpaired) electrons. The molecule has 1 atom stereocenters. The summed E-state index contributed by atoms with van der Waals surface area (Å²) >= 11 is 5.97. The van der Waals surface area contributed by atoms with Crippen LogP contribution in [0.1, 0.15) is 11.1 Å². The molecule has 6 nitrogen and oxygen atoms in total. The number of hydrogen-bond donors (Lipinski definition) is 3. The summed E-state index contributed by atoms with van der Waals surface area (Å²) in [5, 5.41) is 8.93. The fourth-order valence-electron chi connectivity index (χ4n) is 2.76. The quantitative estimate of drug-likeness (QED) is 0.556. The van der Waals surface area contributed by atoms with Gasteiger partial charge in [0.15, 0.2) is 0 Å². The van der Waals surface area contributed by atoms with Crippen LogP contribution < -0.4 is 16.0 Å². The highest BCUT2D eigenvalue weighted by Gasteiger charge is 2.21. The lowest BCUT2D eigenvalue weighted by Crippen LogP contribution is -2.49. The van der Waals surface area contributed by atoms with Gasteiger partial charge in [-0.25, -0.2) is 4.79 Å². The second-order valence-electron chi connectivity index (χ2n) is 6.42. The van der Waals surface area contributed by atoms with Crippen molar-refractivity contribution in [3.05, 3.63) is 95.3 Å². The van der Waals surface area contributed by atoms with Crippen molar-refractivity contribution in [3.8, 4) is 0 Å². The summed E-state index contributed by atoms with van der Waals surface area (Å²) in [7, 11) is 0. The molecule has 0 aliphatic heterocycles. The number of carbonyl (C=O) groups is 2. The molecule has 0 bridgehead atoms. The van der Waals surface area contributed by atoms with E-state index in [1.807, 2.05) is 42.5 Å². The van der Waals surface area contributed by atoms with E-state index >= 15 is 0 Å². The van der Waals surface area contributed by atoms with Crippen molar-refractivity contribution in [3.63, 3.8) is 0 Å². The summed E-state index contributed by atoms with van der Waals surface area (Å²) in [6.07, 6.45) is 3.54. The van der Waals surface area contributed by atoms with E-state index in [4.69, 9.17) is 11.6 Å². The first-order chi connectivity index (χ1) is 14.1. The van der Waals surface area contributed by atoms with Crippen molar-refractivity contribution in [1.29, 1.82) is 0 Å². The van der Waals surface area contributed by atoms with Gasteiger partial charge in [0.05, 0.1) is 0 Å². The first-order valence-electron chi connectivity index (χ1n) is 9.14. The first kappa shape index (κ1) is 20.4. The number of nitrogens with zero attached hydrogens (tertiary/aromatic N) is 1. The van der Waals surface area contributed by atoms with Crippen LogP contribution in [0.4, 0.5) is 10.5 Å². The molecule has 29 heavy (non-hydrogen) atoms. The molecule has 1 heterocycles. The fourth-order valence-corrected chi connectivity index (χ4v) is 2.98. The lowest BCUT2D eigenvalue weighted by atomic mass is 10.1. The minimum Gasteiger partial charge on any atom is -0.334 e. The third kappa shape index (κ3) is 6.62. The summed E-state index contributed by atoms with van der Waals surface area (Å²) < 4.78 is 0. The second-order valence-corrected chi connectivity index (χ2v) is 6.86. The standard InChI is InChI=1S/C22H21ClN4O2/c23-18-8-4-7-17(13-18)15-25-22(29)27-20(14-16-5-2-1-3-6-16)21(28)26-19-9-11-24-12-10-19/h1-13,20H,14-15H2,(H,24,26,28)(H2,25,27,29)/t20-/m0/s1. The molecule has 3 N–H and O–H groups in total. The molecule has 0 aliphatic carbocycles. The van der Waals surface area contributed by atoms with Crippen molar-refractivity contribution >= 4 is 29.2 Å². The molecular weight excluding hydrogens is 388 g/mol. The van der Waals surface area contributed by atoms with Gasteiger partial charge in [-0.15, -0.1) is 0 Å². The maximum absolute atomic E-state index is 12.8. The van der Waals surface area contributed by atoms with Crippen LogP contribution in [0.5, 0.6) is 0 Å². The smallest absolute Gasteiger partial charge is 0.315 e. The average Bonchev–Trinajstić information content (AvgIpc) is 2.73. The van der Waals surface area contributed by atoms with Crippen LogP contribution in [0.2, 0.25) is 5.02 Å². The lowest BCUT2D eigenvalue weighted by Gasteiger charge is -2.19. The predicted octanol–water partition coefficient (Wildman–Crippen LogP) is 3.78. The van der Waals surface area contributed by atoms with Gasteiger partial charge in [-0.3, -0.25) is 9.78 Å². The number of urea groups is 1. The topological polar surface area (TPSA) is 83.1 Å². The zero-order valence-electron chi connectivity index (χ0n) is 15.6. The molecule has 148 valence electrons. The van der Waals surface area contributed by atoms with Crippen LogP contribution >= 0.6 is 11.6 Å². The highest BCUT2D eigenvalue weighted by Crippen LogP contribution is 2.11. The SMILES string of the molecule is O=C(NCc1cccc(Cl)c1)N[C@@H](Cc1ccccc1)C(=O)Nc1ccncc1. The molecule has 1 aromatic heterocycles. The van der Waals surface area contributed by atoms with Gasteiger partial charge in [-0.05, 0) is 35.4 Å². The van der Waals surface area contributed by atoms with Crippen molar-refractivity contribution in [2.24, 2.45) is 0 Å². The van der Waals surface area contributed by atoms with Gasteiger partial charge in [0.1, 0.15) is 6.04 Å². The van der Waals surface area contributed by atoms with E-state index in [-0.39, 0.29) is 5.91 Å². The van der Waals surface area contributed by atoms with Crippen LogP contribution in [0.3, 0.4) is 0 Å². The van der Waals surface area contributed by atoms with Gasteiger partial charge < -0.3 is 16.0 Å². The largest absolute Gasteiger partial charge is 0.334 e. The minimum absolute atomic E-state index is 0.302. The molecule has 2 aromatic carbocycles. The van der Waals surface area contributed by atoms with E-state index < -0.39 is 12.1 Å². The van der Waals surface area contributed by atoms with Crippen molar-refractivity contribution in [2.75, 3.05) is 5.32 Å². The summed E-state index contributed by atoms with van der Waals surface area (Å²) in [5.74, 6) is -0.307. The number of pyridine rings is 1. The number of rotatable bonds is 7. The fraction of sp³-hybridized carbons (Fsp3) is 0.136. The molecule has 0 saturated carbocycles. The first-order valence-corrected chi connectivity index (χ1v) is 9.51. The Morgan fingerprint density at radius 2 is 1.66 bits per heavy atom. The molecular formula is C22H21ClN4O2. The Balaban J connectivity index is 1.65. The minimum atomic E-state index is -0.745. The third-order valence-electron chi connectivity index (χ3n) is 4.19. The zero-order valence-corrected chi connectivity index (χ0v) is 16.4.